The molecule has 1 aliphatic carbocycles. The quantitative estimate of drug-likeness (QED) is 0.715. The molecular formula is C24H33NO5. The standard InChI is InChI=1S/C24H33NO5/c1-16(2)11-21(26)13-18-3-6-20-15-25(10-9-19(20)12-18)24(29)30-22-7-4-17(5-8-22)14-23(27)28/h3,6,12,16-17,22H,4-5,7-11,13-15H2,1-2H3,(H,27,28). The van der Waals surface area contributed by atoms with E-state index >= 15 is 0 Å². The average molecular weight is 416 g/mol. The van der Waals surface area contributed by atoms with Crippen molar-refractivity contribution >= 4 is 17.8 Å². The maximum absolute atomic E-state index is 12.6. The number of Topliss-reactive ketones (excluding diaryl/α,β-unsaturated/α-hetero) is 1. The lowest BCUT2D eigenvalue weighted by Gasteiger charge is -2.32. The van der Waals surface area contributed by atoms with Crippen molar-refractivity contribution in [2.75, 3.05) is 6.54 Å². The van der Waals surface area contributed by atoms with Crippen LogP contribution in [0.3, 0.4) is 0 Å². The Morgan fingerprint density at radius 1 is 1.13 bits per heavy atom. The van der Waals surface area contributed by atoms with Crippen LogP contribution < -0.4 is 0 Å². The number of ether oxygens (including phenoxy) is 1. The fourth-order valence-corrected chi connectivity index (χ4v) is 4.55. The zero-order chi connectivity index (χ0) is 21.7. The van der Waals surface area contributed by atoms with E-state index in [9.17, 15) is 14.4 Å². The third kappa shape index (κ3) is 6.31. The summed E-state index contributed by atoms with van der Waals surface area (Å²) in [5.41, 5.74) is 3.38. The predicted molar refractivity (Wildman–Crippen MR) is 113 cm³/mol. The highest BCUT2D eigenvalue weighted by Crippen LogP contribution is 2.29. The third-order valence-electron chi connectivity index (χ3n) is 6.10. The van der Waals surface area contributed by atoms with Gasteiger partial charge in [-0.15, -0.1) is 0 Å². The molecule has 0 spiro atoms. The average Bonchev–Trinajstić information content (AvgIpc) is 2.68. The number of carbonyl (C=O) groups is 3. The van der Waals surface area contributed by atoms with Crippen molar-refractivity contribution in [3.05, 3.63) is 34.9 Å². The van der Waals surface area contributed by atoms with Crippen molar-refractivity contribution in [3.8, 4) is 0 Å². The number of hydrogen-bond donors (Lipinski definition) is 1. The van der Waals surface area contributed by atoms with Crippen molar-refractivity contribution < 1.29 is 24.2 Å². The number of ketones is 1. The number of hydrogen-bond acceptors (Lipinski definition) is 4. The molecule has 6 nitrogen and oxygen atoms in total. The normalized spacial score (nSPS) is 21.2. The Hall–Kier alpha value is -2.37. The number of carbonyl (C=O) groups excluding carboxylic acids is 2. The predicted octanol–water partition coefficient (Wildman–Crippen LogP) is 4.37. The molecule has 0 radical (unpaired) electrons. The van der Waals surface area contributed by atoms with Gasteiger partial charge in [-0.05, 0) is 60.6 Å². The van der Waals surface area contributed by atoms with Gasteiger partial charge in [0.2, 0.25) is 0 Å². The first-order valence-corrected chi connectivity index (χ1v) is 11.1. The van der Waals surface area contributed by atoms with Gasteiger partial charge in [-0.2, -0.15) is 0 Å². The first-order chi connectivity index (χ1) is 14.3. The second-order valence-electron chi connectivity index (χ2n) is 9.21. The first-order valence-electron chi connectivity index (χ1n) is 11.1. The van der Waals surface area contributed by atoms with Crippen molar-refractivity contribution in [1.29, 1.82) is 0 Å². The van der Waals surface area contributed by atoms with Gasteiger partial charge in [-0.25, -0.2) is 4.79 Å². The number of carboxylic acids is 1. The smallest absolute Gasteiger partial charge is 0.410 e. The largest absolute Gasteiger partial charge is 0.481 e. The lowest BCUT2D eigenvalue weighted by Crippen LogP contribution is -2.39. The van der Waals surface area contributed by atoms with Gasteiger partial charge in [0.1, 0.15) is 11.9 Å². The Labute approximate surface area is 178 Å². The molecule has 164 valence electrons. The Morgan fingerprint density at radius 3 is 2.53 bits per heavy atom. The molecule has 1 aromatic carbocycles. The van der Waals surface area contributed by atoms with Gasteiger partial charge in [-0.3, -0.25) is 9.59 Å². The third-order valence-corrected chi connectivity index (χ3v) is 6.10. The molecule has 1 saturated carbocycles. The Bertz CT molecular complexity index is 780. The Balaban J connectivity index is 1.49. The number of amides is 1. The molecule has 1 heterocycles. The molecule has 0 bridgehead atoms. The summed E-state index contributed by atoms with van der Waals surface area (Å²) < 4.78 is 5.71. The molecule has 1 aliphatic heterocycles. The highest BCUT2D eigenvalue weighted by Gasteiger charge is 2.28. The topological polar surface area (TPSA) is 83.9 Å². The SMILES string of the molecule is CC(C)CC(=O)Cc1ccc2c(c1)CCN(C(=O)OC1CCC(CC(=O)O)CC1)C2. The van der Waals surface area contributed by atoms with Crippen LogP contribution in [0.25, 0.3) is 0 Å². The minimum absolute atomic E-state index is 0.113. The van der Waals surface area contributed by atoms with Gasteiger partial charge in [0.15, 0.2) is 0 Å². The van der Waals surface area contributed by atoms with Crippen LogP contribution in [0.1, 0.15) is 69.1 Å². The molecule has 0 atom stereocenters. The maximum Gasteiger partial charge on any atom is 0.410 e. The van der Waals surface area contributed by atoms with E-state index in [0.717, 1.165) is 43.2 Å². The summed E-state index contributed by atoms with van der Waals surface area (Å²) in [6.45, 7) is 5.26. The van der Waals surface area contributed by atoms with Crippen LogP contribution in [0.2, 0.25) is 0 Å². The molecule has 1 amide bonds. The fraction of sp³-hybridized carbons (Fsp3) is 0.625. The molecule has 1 fully saturated rings. The number of nitrogens with zero attached hydrogens (tertiary/aromatic N) is 1. The number of benzene rings is 1. The lowest BCUT2D eigenvalue weighted by atomic mass is 9.85. The van der Waals surface area contributed by atoms with Crippen molar-refractivity contribution in [3.63, 3.8) is 0 Å². The second-order valence-corrected chi connectivity index (χ2v) is 9.21. The zero-order valence-electron chi connectivity index (χ0n) is 18.1. The van der Waals surface area contributed by atoms with Crippen molar-refractivity contribution in [2.24, 2.45) is 11.8 Å². The van der Waals surface area contributed by atoms with E-state index < -0.39 is 5.97 Å². The monoisotopic (exact) mass is 415 g/mol. The van der Waals surface area contributed by atoms with Crippen LogP contribution in [-0.2, 0) is 33.7 Å². The molecule has 0 unspecified atom stereocenters. The maximum atomic E-state index is 12.6. The minimum atomic E-state index is -0.755. The number of carboxylic acid groups (broad SMARTS) is 1. The fourth-order valence-electron chi connectivity index (χ4n) is 4.55. The van der Waals surface area contributed by atoms with Crippen LogP contribution in [0.4, 0.5) is 4.79 Å². The van der Waals surface area contributed by atoms with Gasteiger partial charge < -0.3 is 14.7 Å². The van der Waals surface area contributed by atoms with Crippen LogP contribution in [0.5, 0.6) is 0 Å². The zero-order valence-corrected chi connectivity index (χ0v) is 18.1. The Kier molecular flexibility index (Phi) is 7.51. The molecule has 1 aromatic rings. The summed E-state index contributed by atoms with van der Waals surface area (Å²) in [4.78, 5) is 37.3. The van der Waals surface area contributed by atoms with Gasteiger partial charge in [0.05, 0.1) is 0 Å². The summed E-state index contributed by atoms with van der Waals surface area (Å²) >= 11 is 0. The van der Waals surface area contributed by atoms with Crippen molar-refractivity contribution in [1.82, 2.24) is 4.90 Å². The van der Waals surface area contributed by atoms with Gasteiger partial charge in [0.25, 0.3) is 0 Å². The van der Waals surface area contributed by atoms with Crippen LogP contribution in [-0.4, -0.2) is 40.5 Å². The molecule has 3 rings (SSSR count). The molecule has 6 heteroatoms. The number of fused-ring (bicyclic) bond motifs is 1. The van der Waals surface area contributed by atoms with E-state index in [4.69, 9.17) is 9.84 Å². The van der Waals surface area contributed by atoms with Crippen LogP contribution in [0.15, 0.2) is 18.2 Å². The van der Waals surface area contributed by atoms with E-state index in [0.29, 0.717) is 31.8 Å². The van der Waals surface area contributed by atoms with Gasteiger partial charge >= 0.3 is 12.1 Å². The molecule has 2 aliphatic rings. The molecule has 30 heavy (non-hydrogen) atoms. The summed E-state index contributed by atoms with van der Waals surface area (Å²) in [6, 6.07) is 6.14. The van der Waals surface area contributed by atoms with Crippen LogP contribution in [0, 0.1) is 11.8 Å². The summed E-state index contributed by atoms with van der Waals surface area (Å²) in [7, 11) is 0. The van der Waals surface area contributed by atoms with Gasteiger partial charge in [0, 0.05) is 32.4 Å². The molecule has 1 N–H and O–H groups in total. The summed E-state index contributed by atoms with van der Waals surface area (Å²) in [5.74, 6) is 0.0850. The summed E-state index contributed by atoms with van der Waals surface area (Å²) in [5, 5.41) is 8.91. The highest BCUT2D eigenvalue weighted by molar-refractivity contribution is 5.81. The molecule has 0 saturated heterocycles. The van der Waals surface area contributed by atoms with E-state index in [2.05, 4.69) is 19.9 Å². The highest BCUT2D eigenvalue weighted by atomic mass is 16.6. The number of aliphatic carboxylic acids is 1. The van der Waals surface area contributed by atoms with E-state index in [1.807, 2.05) is 12.1 Å². The number of rotatable bonds is 7. The lowest BCUT2D eigenvalue weighted by molar-refractivity contribution is -0.138. The van der Waals surface area contributed by atoms with E-state index in [1.54, 1.807) is 4.90 Å². The first kappa shape index (κ1) is 22.3. The minimum Gasteiger partial charge on any atom is -0.481 e. The second kappa shape index (κ2) is 10.1. The summed E-state index contributed by atoms with van der Waals surface area (Å²) in [6.07, 6.45) is 4.73. The van der Waals surface area contributed by atoms with Crippen molar-refractivity contribution in [2.45, 2.75) is 77.9 Å². The van der Waals surface area contributed by atoms with Gasteiger partial charge in [-0.1, -0.05) is 32.0 Å². The molecular weight excluding hydrogens is 382 g/mol. The molecule has 0 aromatic heterocycles. The van der Waals surface area contributed by atoms with E-state index in [1.165, 1.54) is 5.56 Å². The Morgan fingerprint density at radius 2 is 1.87 bits per heavy atom. The van der Waals surface area contributed by atoms with Crippen LogP contribution >= 0.6 is 0 Å². The van der Waals surface area contributed by atoms with E-state index in [-0.39, 0.29) is 30.3 Å².